The number of aromatic nitrogens is 2. The van der Waals surface area contributed by atoms with Crippen LogP contribution in [0.1, 0.15) is 41.5 Å². The summed E-state index contributed by atoms with van der Waals surface area (Å²) in [6.45, 7) is 2.15. The molecule has 1 aromatic carbocycles. The van der Waals surface area contributed by atoms with E-state index in [-0.39, 0.29) is 24.2 Å². The minimum absolute atomic E-state index is 0.0378. The second kappa shape index (κ2) is 7.60. The van der Waals surface area contributed by atoms with E-state index in [1.54, 1.807) is 12.1 Å². The lowest BCUT2D eigenvalue weighted by Crippen LogP contribution is -2.38. The second-order valence-corrected chi connectivity index (χ2v) is 7.12. The molecule has 2 aromatic rings. The lowest BCUT2D eigenvalue weighted by molar-refractivity contribution is -0.131. The third kappa shape index (κ3) is 3.78. The molecule has 0 unspecified atom stereocenters. The molecule has 1 fully saturated rings. The molecule has 0 radical (unpaired) electrons. The lowest BCUT2D eigenvalue weighted by Gasteiger charge is -2.30. The smallest absolute Gasteiger partial charge is 0.227 e. The number of benzene rings is 1. The summed E-state index contributed by atoms with van der Waals surface area (Å²) in [7, 11) is 1.85. The van der Waals surface area contributed by atoms with Gasteiger partial charge in [0.15, 0.2) is 0 Å². The van der Waals surface area contributed by atoms with Crippen LogP contribution in [0.25, 0.3) is 0 Å². The minimum atomic E-state index is -0.290. The number of rotatable bonds is 4. The predicted molar refractivity (Wildman–Crippen MR) is 101 cm³/mol. The van der Waals surface area contributed by atoms with Gasteiger partial charge in [0.2, 0.25) is 5.91 Å². The van der Waals surface area contributed by atoms with Gasteiger partial charge in [0.1, 0.15) is 17.5 Å². The van der Waals surface area contributed by atoms with E-state index in [0.29, 0.717) is 13.1 Å². The average molecular weight is 369 g/mol. The number of nitrogens with zero attached hydrogens (tertiary/aromatic N) is 3. The van der Waals surface area contributed by atoms with Crippen LogP contribution >= 0.6 is 0 Å². The van der Waals surface area contributed by atoms with Crippen LogP contribution in [-0.4, -0.2) is 40.9 Å². The number of halogens is 1. The van der Waals surface area contributed by atoms with E-state index in [1.807, 2.05) is 11.9 Å². The van der Waals surface area contributed by atoms with E-state index in [1.165, 1.54) is 12.1 Å². The maximum Gasteiger partial charge on any atom is 0.227 e. The average Bonchev–Trinajstić information content (AvgIpc) is 3.23. The summed E-state index contributed by atoms with van der Waals surface area (Å²) in [5.41, 5.74) is 2.85. The summed E-state index contributed by atoms with van der Waals surface area (Å²) in [6.07, 6.45) is 3.20. The second-order valence-electron chi connectivity index (χ2n) is 7.12. The number of nitrogens with one attached hydrogen (secondary N) is 2. The van der Waals surface area contributed by atoms with E-state index in [9.17, 15) is 9.18 Å². The van der Waals surface area contributed by atoms with Gasteiger partial charge in [0.25, 0.3) is 0 Å². The van der Waals surface area contributed by atoms with Crippen molar-refractivity contribution < 1.29 is 9.18 Å². The third-order valence-electron chi connectivity index (χ3n) is 5.31. The monoisotopic (exact) mass is 369 g/mol. The van der Waals surface area contributed by atoms with Crippen LogP contribution in [0.15, 0.2) is 24.3 Å². The fourth-order valence-corrected chi connectivity index (χ4v) is 3.80. The molecule has 4 rings (SSSR count). The Hall–Kier alpha value is -2.54. The van der Waals surface area contributed by atoms with E-state index in [4.69, 9.17) is 9.97 Å². The number of fused-ring (bicyclic) bond motifs is 1. The Balaban J connectivity index is 1.51. The number of carbonyl (C=O) groups excluding carboxylic acids is 1. The first-order valence-corrected chi connectivity index (χ1v) is 9.47. The molecule has 1 amide bonds. The zero-order valence-corrected chi connectivity index (χ0v) is 15.5. The number of carbonyl (C=O) groups is 1. The normalized spacial score (nSPS) is 19.0. The van der Waals surface area contributed by atoms with Crippen molar-refractivity contribution in [2.75, 3.05) is 25.5 Å². The highest BCUT2D eigenvalue weighted by Gasteiger charge is 2.27. The van der Waals surface area contributed by atoms with Crippen molar-refractivity contribution in [3.05, 3.63) is 52.7 Å². The minimum Gasteiger partial charge on any atom is -0.373 e. The van der Waals surface area contributed by atoms with Gasteiger partial charge in [0, 0.05) is 25.6 Å². The zero-order valence-electron chi connectivity index (χ0n) is 15.5. The first-order valence-electron chi connectivity index (χ1n) is 9.47. The molecule has 27 heavy (non-hydrogen) atoms. The Labute approximate surface area is 158 Å². The molecule has 1 saturated heterocycles. The molecule has 0 bridgehead atoms. The molecular formula is C20H24FN5O. The number of anilines is 1. The quantitative estimate of drug-likeness (QED) is 0.865. The summed E-state index contributed by atoms with van der Waals surface area (Å²) >= 11 is 0. The molecule has 2 aliphatic rings. The van der Waals surface area contributed by atoms with Crippen LogP contribution < -0.4 is 10.6 Å². The van der Waals surface area contributed by atoms with Gasteiger partial charge in [-0.1, -0.05) is 12.1 Å². The fraction of sp³-hybridized carbons (Fsp3) is 0.450. The number of hydrogen-bond donors (Lipinski definition) is 2. The topological polar surface area (TPSA) is 70.2 Å². The predicted octanol–water partition coefficient (Wildman–Crippen LogP) is 2.21. The molecule has 0 saturated carbocycles. The van der Waals surface area contributed by atoms with Crippen molar-refractivity contribution in [2.24, 2.45) is 0 Å². The van der Waals surface area contributed by atoms with Crippen molar-refractivity contribution in [3.8, 4) is 0 Å². The largest absolute Gasteiger partial charge is 0.373 e. The van der Waals surface area contributed by atoms with Gasteiger partial charge in [-0.3, -0.25) is 4.79 Å². The number of hydrogen-bond acceptors (Lipinski definition) is 5. The molecule has 0 spiro atoms. The van der Waals surface area contributed by atoms with Gasteiger partial charge in [0.05, 0.1) is 24.7 Å². The molecule has 7 heteroatoms. The standard InChI is InChI=1S/C20H24FN5O/c1-22-19-15-12-26(18(27)11-13-4-6-14(21)7-5-13)10-8-16(15)24-20(25-19)17-3-2-9-23-17/h4-7,17,23H,2-3,8-12H2,1H3,(H,22,24,25)/t17-/m1/s1. The van der Waals surface area contributed by atoms with Crippen molar-refractivity contribution >= 4 is 11.7 Å². The highest BCUT2D eigenvalue weighted by atomic mass is 19.1. The highest BCUT2D eigenvalue weighted by Crippen LogP contribution is 2.28. The van der Waals surface area contributed by atoms with Crippen LogP contribution in [-0.2, 0) is 24.2 Å². The molecule has 142 valence electrons. The highest BCUT2D eigenvalue weighted by molar-refractivity contribution is 5.79. The van der Waals surface area contributed by atoms with Gasteiger partial charge < -0.3 is 15.5 Å². The number of amides is 1. The van der Waals surface area contributed by atoms with Crippen LogP contribution in [0.5, 0.6) is 0 Å². The molecule has 2 aliphatic heterocycles. The van der Waals surface area contributed by atoms with Crippen molar-refractivity contribution in [3.63, 3.8) is 0 Å². The first kappa shape index (κ1) is 17.9. The van der Waals surface area contributed by atoms with Crippen molar-refractivity contribution in [1.82, 2.24) is 20.2 Å². The van der Waals surface area contributed by atoms with Gasteiger partial charge in [-0.15, -0.1) is 0 Å². The molecule has 0 aliphatic carbocycles. The van der Waals surface area contributed by atoms with E-state index in [2.05, 4.69) is 10.6 Å². The third-order valence-corrected chi connectivity index (χ3v) is 5.31. The zero-order chi connectivity index (χ0) is 18.8. The molecule has 3 heterocycles. The molecule has 1 aromatic heterocycles. The van der Waals surface area contributed by atoms with E-state index in [0.717, 1.165) is 54.3 Å². The molecule has 1 atom stereocenters. The summed E-state index contributed by atoms with van der Waals surface area (Å²) < 4.78 is 13.1. The molecule has 2 N–H and O–H groups in total. The van der Waals surface area contributed by atoms with E-state index < -0.39 is 0 Å². The summed E-state index contributed by atoms with van der Waals surface area (Å²) in [4.78, 5) is 24.0. The summed E-state index contributed by atoms with van der Waals surface area (Å²) in [6, 6.07) is 6.32. The SMILES string of the molecule is CNc1nc([C@H]2CCCN2)nc2c1CN(C(=O)Cc1ccc(F)cc1)CC2. The van der Waals surface area contributed by atoms with Gasteiger partial charge in [-0.05, 0) is 37.1 Å². The van der Waals surface area contributed by atoms with Gasteiger partial charge >= 0.3 is 0 Å². The van der Waals surface area contributed by atoms with E-state index >= 15 is 0 Å². The fourth-order valence-electron chi connectivity index (χ4n) is 3.80. The van der Waals surface area contributed by atoms with Crippen LogP contribution in [0, 0.1) is 5.82 Å². The van der Waals surface area contributed by atoms with Gasteiger partial charge in [-0.25, -0.2) is 14.4 Å². The summed E-state index contributed by atoms with van der Waals surface area (Å²) in [5.74, 6) is 1.40. The Morgan fingerprint density at radius 1 is 1.33 bits per heavy atom. The Morgan fingerprint density at radius 2 is 2.15 bits per heavy atom. The summed E-state index contributed by atoms with van der Waals surface area (Å²) in [5, 5.41) is 6.62. The van der Waals surface area contributed by atoms with Crippen LogP contribution in [0.2, 0.25) is 0 Å². The van der Waals surface area contributed by atoms with Crippen molar-refractivity contribution in [2.45, 2.75) is 38.3 Å². The first-order chi connectivity index (χ1) is 13.1. The lowest BCUT2D eigenvalue weighted by atomic mass is 10.0. The van der Waals surface area contributed by atoms with Crippen LogP contribution in [0.3, 0.4) is 0 Å². The van der Waals surface area contributed by atoms with Crippen molar-refractivity contribution in [1.29, 1.82) is 0 Å². The van der Waals surface area contributed by atoms with Crippen LogP contribution in [0.4, 0.5) is 10.2 Å². The Kier molecular flexibility index (Phi) is 5.03. The molecular weight excluding hydrogens is 345 g/mol. The Bertz CT molecular complexity index is 816. The Morgan fingerprint density at radius 3 is 2.85 bits per heavy atom. The molecule has 6 nitrogen and oxygen atoms in total. The maximum absolute atomic E-state index is 13.1. The van der Waals surface area contributed by atoms with Gasteiger partial charge in [-0.2, -0.15) is 0 Å². The maximum atomic E-state index is 13.1.